The van der Waals surface area contributed by atoms with E-state index in [0.29, 0.717) is 13.2 Å². The molecule has 5 nitrogen and oxygen atoms in total. The SMILES string of the molecule is CCCCCCCCCCCCCC[C@H]1OC[C@H](NC(=O)OC(C)(C)C)[C@@H]1OCc1ccccc1. The molecule has 0 spiro atoms. The fourth-order valence-electron chi connectivity index (χ4n) is 4.68. The zero-order valence-corrected chi connectivity index (χ0v) is 22.9. The number of hydrogen-bond donors (Lipinski definition) is 1. The molecule has 0 saturated carbocycles. The van der Waals surface area contributed by atoms with E-state index in [2.05, 4.69) is 24.4 Å². The van der Waals surface area contributed by atoms with E-state index >= 15 is 0 Å². The molecule has 0 aliphatic carbocycles. The number of carbonyl (C=O) groups is 1. The Morgan fingerprint density at radius 2 is 1.49 bits per heavy atom. The zero-order valence-electron chi connectivity index (χ0n) is 22.9. The maximum absolute atomic E-state index is 12.4. The molecule has 1 fully saturated rings. The highest BCUT2D eigenvalue weighted by Crippen LogP contribution is 2.25. The number of alkyl carbamates (subject to hydrolysis) is 1. The van der Waals surface area contributed by atoms with Crippen LogP contribution < -0.4 is 5.32 Å². The summed E-state index contributed by atoms with van der Waals surface area (Å²) in [5.41, 5.74) is 0.595. The van der Waals surface area contributed by atoms with E-state index in [4.69, 9.17) is 14.2 Å². The summed E-state index contributed by atoms with van der Waals surface area (Å²) in [6, 6.07) is 9.97. The van der Waals surface area contributed by atoms with Crippen molar-refractivity contribution in [2.45, 2.75) is 142 Å². The van der Waals surface area contributed by atoms with Gasteiger partial charge in [0, 0.05) is 0 Å². The van der Waals surface area contributed by atoms with Crippen LogP contribution in [0.4, 0.5) is 4.79 Å². The Morgan fingerprint density at radius 1 is 0.914 bits per heavy atom. The molecule has 2 rings (SSSR count). The lowest BCUT2D eigenvalue weighted by atomic mass is 10.0. The van der Waals surface area contributed by atoms with Crippen molar-refractivity contribution in [2.75, 3.05) is 6.61 Å². The summed E-state index contributed by atoms with van der Waals surface area (Å²) in [6.07, 6.45) is 16.4. The number of nitrogens with one attached hydrogen (secondary N) is 1. The zero-order chi connectivity index (χ0) is 25.4. The predicted octanol–water partition coefficient (Wildman–Crippen LogP) is 7.96. The van der Waals surface area contributed by atoms with Gasteiger partial charge in [-0.2, -0.15) is 0 Å². The summed E-state index contributed by atoms with van der Waals surface area (Å²) in [6.45, 7) is 8.86. The lowest BCUT2D eigenvalue weighted by molar-refractivity contribution is -0.0273. The fourth-order valence-corrected chi connectivity index (χ4v) is 4.68. The van der Waals surface area contributed by atoms with Gasteiger partial charge < -0.3 is 19.5 Å². The molecule has 5 heteroatoms. The molecular weight excluding hydrogens is 438 g/mol. The third-order valence-corrected chi connectivity index (χ3v) is 6.58. The minimum atomic E-state index is -0.529. The number of hydrogen-bond acceptors (Lipinski definition) is 4. The van der Waals surface area contributed by atoms with Crippen molar-refractivity contribution in [3.63, 3.8) is 0 Å². The normalized spacial score (nSPS) is 20.2. The first kappa shape index (κ1) is 29.6. The van der Waals surface area contributed by atoms with Crippen molar-refractivity contribution < 1.29 is 19.0 Å². The van der Waals surface area contributed by atoms with Crippen LogP contribution in [-0.2, 0) is 20.8 Å². The van der Waals surface area contributed by atoms with Crippen LogP contribution in [0.2, 0.25) is 0 Å². The van der Waals surface area contributed by atoms with Crippen molar-refractivity contribution in [2.24, 2.45) is 0 Å². The first-order valence-electron chi connectivity index (χ1n) is 14.2. The van der Waals surface area contributed by atoms with E-state index in [1.807, 2.05) is 39.0 Å². The van der Waals surface area contributed by atoms with Crippen LogP contribution in [-0.4, -0.2) is 36.6 Å². The Hall–Kier alpha value is -1.59. The molecule has 3 atom stereocenters. The molecule has 1 heterocycles. The van der Waals surface area contributed by atoms with Crippen molar-refractivity contribution in [1.29, 1.82) is 0 Å². The Bertz CT molecular complexity index is 673. The summed E-state index contributed by atoms with van der Waals surface area (Å²) in [7, 11) is 0. The number of unbranched alkanes of at least 4 members (excludes halogenated alkanes) is 11. The highest BCUT2D eigenvalue weighted by Gasteiger charge is 2.39. The van der Waals surface area contributed by atoms with Crippen LogP contribution in [0.25, 0.3) is 0 Å². The number of carbonyl (C=O) groups excluding carboxylic acids is 1. The maximum atomic E-state index is 12.4. The molecule has 1 aromatic rings. The number of benzene rings is 1. The average Bonchev–Trinajstić information content (AvgIpc) is 3.18. The summed E-state index contributed by atoms with van der Waals surface area (Å²) < 4.78 is 17.9. The Labute approximate surface area is 214 Å². The van der Waals surface area contributed by atoms with Gasteiger partial charge in [-0.1, -0.05) is 114 Å². The Morgan fingerprint density at radius 3 is 2.06 bits per heavy atom. The third kappa shape index (κ3) is 13.3. The molecule has 0 unspecified atom stereocenters. The molecule has 1 N–H and O–H groups in total. The fraction of sp³-hybridized carbons (Fsp3) is 0.767. The van der Waals surface area contributed by atoms with Crippen LogP contribution in [0.1, 0.15) is 117 Å². The maximum Gasteiger partial charge on any atom is 0.408 e. The minimum Gasteiger partial charge on any atom is -0.444 e. The summed E-state index contributed by atoms with van der Waals surface area (Å²) >= 11 is 0. The predicted molar refractivity (Wildman–Crippen MR) is 144 cm³/mol. The van der Waals surface area contributed by atoms with Crippen molar-refractivity contribution in [3.05, 3.63) is 35.9 Å². The first-order valence-corrected chi connectivity index (χ1v) is 14.2. The van der Waals surface area contributed by atoms with Gasteiger partial charge in [0.25, 0.3) is 0 Å². The highest BCUT2D eigenvalue weighted by molar-refractivity contribution is 5.68. The van der Waals surface area contributed by atoms with E-state index in [-0.39, 0.29) is 18.2 Å². The van der Waals surface area contributed by atoms with Gasteiger partial charge in [-0.25, -0.2) is 4.79 Å². The summed E-state index contributed by atoms with van der Waals surface area (Å²) in [5.74, 6) is 0. The molecule has 1 aliphatic rings. The number of ether oxygens (including phenoxy) is 3. The molecule has 0 radical (unpaired) electrons. The molecule has 1 saturated heterocycles. The van der Waals surface area contributed by atoms with E-state index < -0.39 is 11.7 Å². The summed E-state index contributed by atoms with van der Waals surface area (Å²) in [4.78, 5) is 12.4. The van der Waals surface area contributed by atoms with Crippen LogP contribution in [0, 0.1) is 0 Å². The third-order valence-electron chi connectivity index (χ3n) is 6.58. The van der Waals surface area contributed by atoms with Crippen molar-refractivity contribution >= 4 is 6.09 Å². The first-order chi connectivity index (χ1) is 16.9. The van der Waals surface area contributed by atoms with Gasteiger partial charge in [0.15, 0.2) is 0 Å². The van der Waals surface area contributed by atoms with Gasteiger partial charge in [-0.15, -0.1) is 0 Å². The van der Waals surface area contributed by atoms with Crippen LogP contribution in [0.15, 0.2) is 30.3 Å². The highest BCUT2D eigenvalue weighted by atomic mass is 16.6. The molecule has 1 aromatic carbocycles. The van der Waals surface area contributed by atoms with E-state index in [9.17, 15) is 4.79 Å². The topological polar surface area (TPSA) is 56.8 Å². The second-order valence-corrected chi connectivity index (χ2v) is 11.1. The van der Waals surface area contributed by atoms with Crippen molar-refractivity contribution in [3.8, 4) is 0 Å². The lowest BCUT2D eigenvalue weighted by Gasteiger charge is -2.26. The second-order valence-electron chi connectivity index (χ2n) is 11.1. The largest absolute Gasteiger partial charge is 0.444 e. The average molecular weight is 490 g/mol. The molecule has 1 aliphatic heterocycles. The monoisotopic (exact) mass is 489 g/mol. The lowest BCUT2D eigenvalue weighted by Crippen LogP contribution is -2.47. The molecule has 0 bridgehead atoms. The van der Waals surface area contributed by atoms with Gasteiger partial charge in [-0.05, 0) is 32.8 Å². The van der Waals surface area contributed by atoms with Gasteiger partial charge in [0.1, 0.15) is 11.7 Å². The molecule has 200 valence electrons. The van der Waals surface area contributed by atoms with E-state index in [0.717, 1.165) is 18.4 Å². The van der Waals surface area contributed by atoms with Gasteiger partial charge in [0.2, 0.25) is 0 Å². The summed E-state index contributed by atoms with van der Waals surface area (Å²) in [5, 5.41) is 2.99. The molecule has 1 amide bonds. The van der Waals surface area contributed by atoms with Gasteiger partial charge in [-0.3, -0.25) is 0 Å². The van der Waals surface area contributed by atoms with Gasteiger partial charge in [0.05, 0.1) is 25.4 Å². The van der Waals surface area contributed by atoms with Crippen LogP contribution in [0.3, 0.4) is 0 Å². The minimum absolute atomic E-state index is 0.00164. The molecular formula is C30H51NO4. The quantitative estimate of drug-likeness (QED) is 0.226. The Kier molecular flexibility index (Phi) is 14.4. The van der Waals surface area contributed by atoms with Gasteiger partial charge >= 0.3 is 6.09 Å². The van der Waals surface area contributed by atoms with E-state index in [1.54, 1.807) is 0 Å². The van der Waals surface area contributed by atoms with Crippen LogP contribution >= 0.6 is 0 Å². The standard InChI is InChI=1S/C30H51NO4/c1-5-6-7-8-9-10-11-12-13-14-15-19-22-27-28(34-23-25-20-17-16-18-21-25)26(24-33-27)31-29(32)35-30(2,3)4/h16-18,20-21,26-28H,5-15,19,22-24H2,1-4H3,(H,31,32)/t26-,27+,28-/m0/s1. The second kappa shape index (κ2) is 17.0. The van der Waals surface area contributed by atoms with Crippen molar-refractivity contribution in [1.82, 2.24) is 5.32 Å². The van der Waals surface area contributed by atoms with Crippen LogP contribution in [0.5, 0.6) is 0 Å². The number of amides is 1. The molecule has 35 heavy (non-hydrogen) atoms. The smallest absolute Gasteiger partial charge is 0.408 e. The van der Waals surface area contributed by atoms with E-state index in [1.165, 1.54) is 70.6 Å². The molecule has 0 aromatic heterocycles. The number of rotatable bonds is 17. The Balaban J connectivity index is 1.70.